The number of benzene rings is 3. The second-order valence-corrected chi connectivity index (χ2v) is 6.23. The second kappa shape index (κ2) is 7.25. The summed E-state index contributed by atoms with van der Waals surface area (Å²) in [7, 11) is 0. The molecule has 5 heteroatoms. The number of nitro groups is 1. The first-order valence-corrected chi connectivity index (χ1v) is 8.62. The molecule has 0 spiro atoms. The van der Waals surface area contributed by atoms with Gasteiger partial charge < -0.3 is 4.57 Å². The van der Waals surface area contributed by atoms with Crippen LogP contribution < -0.4 is 0 Å². The SMILES string of the molecule is O=[N+]([O-])c1ccc(Cn2cc(-c3ccccc3)nc2-c2ccccc2)cc1. The highest BCUT2D eigenvalue weighted by molar-refractivity contribution is 5.65. The van der Waals surface area contributed by atoms with Crippen LogP contribution in [-0.4, -0.2) is 14.5 Å². The van der Waals surface area contributed by atoms with Crippen LogP contribution in [0.5, 0.6) is 0 Å². The molecule has 4 aromatic rings. The number of non-ortho nitro benzene ring substituents is 1. The predicted octanol–water partition coefficient (Wildman–Crippen LogP) is 5.17. The Balaban J connectivity index is 1.74. The molecule has 0 fully saturated rings. The quantitative estimate of drug-likeness (QED) is 0.366. The lowest BCUT2D eigenvalue weighted by Crippen LogP contribution is -2.01. The molecule has 0 atom stereocenters. The molecule has 27 heavy (non-hydrogen) atoms. The zero-order chi connectivity index (χ0) is 18.6. The van der Waals surface area contributed by atoms with Crippen molar-refractivity contribution < 1.29 is 4.92 Å². The van der Waals surface area contributed by atoms with Gasteiger partial charge in [0.05, 0.1) is 10.6 Å². The van der Waals surface area contributed by atoms with Crippen molar-refractivity contribution in [2.24, 2.45) is 0 Å². The Hall–Kier alpha value is -3.73. The summed E-state index contributed by atoms with van der Waals surface area (Å²) < 4.78 is 2.08. The fourth-order valence-electron chi connectivity index (χ4n) is 3.02. The summed E-state index contributed by atoms with van der Waals surface area (Å²) in [6, 6.07) is 26.7. The van der Waals surface area contributed by atoms with Crippen molar-refractivity contribution in [3.05, 3.63) is 107 Å². The van der Waals surface area contributed by atoms with Gasteiger partial charge in [-0.15, -0.1) is 0 Å². The maximum absolute atomic E-state index is 10.9. The Kier molecular flexibility index (Phi) is 4.49. The van der Waals surface area contributed by atoms with Crippen molar-refractivity contribution in [1.82, 2.24) is 9.55 Å². The van der Waals surface area contributed by atoms with E-state index in [1.807, 2.05) is 66.9 Å². The van der Waals surface area contributed by atoms with E-state index in [1.54, 1.807) is 12.1 Å². The first-order chi connectivity index (χ1) is 13.2. The van der Waals surface area contributed by atoms with Crippen LogP contribution in [0.25, 0.3) is 22.6 Å². The molecule has 0 radical (unpaired) electrons. The number of imidazole rings is 1. The van der Waals surface area contributed by atoms with E-state index in [0.717, 1.165) is 28.2 Å². The van der Waals surface area contributed by atoms with E-state index in [4.69, 9.17) is 4.98 Å². The Labute approximate surface area is 156 Å². The molecule has 0 aliphatic heterocycles. The fraction of sp³-hybridized carbons (Fsp3) is 0.0455. The molecular formula is C22H17N3O2. The monoisotopic (exact) mass is 355 g/mol. The summed E-state index contributed by atoms with van der Waals surface area (Å²) in [6.45, 7) is 0.585. The topological polar surface area (TPSA) is 61.0 Å². The van der Waals surface area contributed by atoms with Gasteiger partial charge in [-0.3, -0.25) is 10.1 Å². The number of nitrogens with zero attached hydrogens (tertiary/aromatic N) is 3. The second-order valence-electron chi connectivity index (χ2n) is 6.23. The lowest BCUT2D eigenvalue weighted by molar-refractivity contribution is -0.384. The minimum Gasteiger partial charge on any atom is -0.326 e. The van der Waals surface area contributed by atoms with Gasteiger partial charge in [0.1, 0.15) is 5.82 Å². The molecule has 0 unspecified atom stereocenters. The highest BCUT2D eigenvalue weighted by Crippen LogP contribution is 2.26. The molecule has 0 saturated heterocycles. The predicted molar refractivity (Wildman–Crippen MR) is 105 cm³/mol. The van der Waals surface area contributed by atoms with Gasteiger partial charge in [0.25, 0.3) is 5.69 Å². The van der Waals surface area contributed by atoms with Gasteiger partial charge in [-0.1, -0.05) is 72.8 Å². The van der Waals surface area contributed by atoms with Crippen LogP contribution in [0.3, 0.4) is 0 Å². The number of hydrogen-bond acceptors (Lipinski definition) is 3. The van der Waals surface area contributed by atoms with Crippen LogP contribution in [0.1, 0.15) is 5.56 Å². The summed E-state index contributed by atoms with van der Waals surface area (Å²) in [4.78, 5) is 15.3. The molecule has 1 aromatic heterocycles. The van der Waals surface area contributed by atoms with Crippen molar-refractivity contribution in [3.63, 3.8) is 0 Å². The normalized spacial score (nSPS) is 10.7. The van der Waals surface area contributed by atoms with Crippen LogP contribution in [0.2, 0.25) is 0 Å². The molecule has 4 rings (SSSR count). The largest absolute Gasteiger partial charge is 0.326 e. The smallest absolute Gasteiger partial charge is 0.269 e. The number of aromatic nitrogens is 2. The first-order valence-electron chi connectivity index (χ1n) is 8.62. The standard InChI is InChI=1S/C22H17N3O2/c26-25(27)20-13-11-17(12-14-20)15-24-16-21(18-7-3-1-4-8-18)23-22(24)19-9-5-2-6-10-19/h1-14,16H,15H2. The fourth-order valence-corrected chi connectivity index (χ4v) is 3.02. The number of hydrogen-bond donors (Lipinski definition) is 0. The Morgan fingerprint density at radius 3 is 2.00 bits per heavy atom. The molecule has 0 amide bonds. The average molecular weight is 355 g/mol. The van der Waals surface area contributed by atoms with E-state index >= 15 is 0 Å². The lowest BCUT2D eigenvalue weighted by atomic mass is 10.2. The average Bonchev–Trinajstić information content (AvgIpc) is 3.13. The van der Waals surface area contributed by atoms with Crippen LogP contribution in [0.4, 0.5) is 5.69 Å². The number of nitro benzene ring substituents is 1. The van der Waals surface area contributed by atoms with E-state index < -0.39 is 0 Å². The molecule has 0 aliphatic carbocycles. The van der Waals surface area contributed by atoms with Gasteiger partial charge >= 0.3 is 0 Å². The third kappa shape index (κ3) is 3.62. The van der Waals surface area contributed by atoms with Crippen molar-refractivity contribution >= 4 is 5.69 Å². The van der Waals surface area contributed by atoms with E-state index in [-0.39, 0.29) is 10.6 Å². The summed E-state index contributed by atoms with van der Waals surface area (Å²) in [6.07, 6.45) is 2.03. The summed E-state index contributed by atoms with van der Waals surface area (Å²) >= 11 is 0. The zero-order valence-electron chi connectivity index (χ0n) is 14.5. The number of rotatable bonds is 5. The molecule has 0 bridgehead atoms. The van der Waals surface area contributed by atoms with E-state index in [9.17, 15) is 10.1 Å². The van der Waals surface area contributed by atoms with E-state index in [1.165, 1.54) is 12.1 Å². The molecular weight excluding hydrogens is 338 g/mol. The third-order valence-corrected chi connectivity index (χ3v) is 4.38. The van der Waals surface area contributed by atoms with Crippen molar-refractivity contribution in [1.29, 1.82) is 0 Å². The van der Waals surface area contributed by atoms with E-state index in [2.05, 4.69) is 4.57 Å². The third-order valence-electron chi connectivity index (χ3n) is 4.38. The molecule has 132 valence electrons. The minimum atomic E-state index is -0.385. The van der Waals surface area contributed by atoms with Gasteiger partial charge in [0.2, 0.25) is 0 Å². The lowest BCUT2D eigenvalue weighted by Gasteiger charge is -2.08. The van der Waals surface area contributed by atoms with Crippen molar-refractivity contribution in [3.8, 4) is 22.6 Å². The molecule has 0 aliphatic rings. The maximum atomic E-state index is 10.9. The van der Waals surface area contributed by atoms with Crippen molar-refractivity contribution in [2.75, 3.05) is 0 Å². The minimum absolute atomic E-state index is 0.0950. The summed E-state index contributed by atoms with van der Waals surface area (Å²) in [5.74, 6) is 0.868. The Morgan fingerprint density at radius 1 is 0.815 bits per heavy atom. The van der Waals surface area contributed by atoms with Gasteiger partial charge in [-0.05, 0) is 5.56 Å². The summed E-state index contributed by atoms with van der Waals surface area (Å²) in [5.41, 5.74) is 4.06. The highest BCUT2D eigenvalue weighted by Gasteiger charge is 2.12. The van der Waals surface area contributed by atoms with Gasteiger partial charge in [-0.25, -0.2) is 4.98 Å². The van der Waals surface area contributed by atoms with Crippen molar-refractivity contribution in [2.45, 2.75) is 6.54 Å². The van der Waals surface area contributed by atoms with Crippen LogP contribution in [0.15, 0.2) is 91.1 Å². The Morgan fingerprint density at radius 2 is 1.41 bits per heavy atom. The maximum Gasteiger partial charge on any atom is 0.269 e. The molecule has 0 saturated carbocycles. The zero-order valence-corrected chi connectivity index (χ0v) is 14.5. The van der Waals surface area contributed by atoms with Crippen LogP contribution in [-0.2, 0) is 6.54 Å². The van der Waals surface area contributed by atoms with Gasteiger partial charge in [-0.2, -0.15) is 0 Å². The Bertz CT molecular complexity index is 1060. The highest BCUT2D eigenvalue weighted by atomic mass is 16.6. The van der Waals surface area contributed by atoms with Crippen LogP contribution >= 0.6 is 0 Å². The molecule has 1 heterocycles. The first kappa shape index (κ1) is 16.7. The molecule has 5 nitrogen and oxygen atoms in total. The van der Waals surface area contributed by atoms with Gasteiger partial charge in [0.15, 0.2) is 0 Å². The molecule has 3 aromatic carbocycles. The van der Waals surface area contributed by atoms with E-state index in [0.29, 0.717) is 6.54 Å². The molecule has 0 N–H and O–H groups in total. The van der Waals surface area contributed by atoms with Crippen LogP contribution in [0, 0.1) is 10.1 Å². The van der Waals surface area contributed by atoms with Gasteiger partial charge in [0, 0.05) is 36.0 Å². The summed E-state index contributed by atoms with van der Waals surface area (Å²) in [5, 5.41) is 10.9.